The van der Waals surface area contributed by atoms with E-state index in [1.54, 1.807) is 36.1 Å². The fraction of sp³-hybridized carbons (Fsp3) is 0.476. The summed E-state index contributed by atoms with van der Waals surface area (Å²) in [6, 6.07) is 8.23. The Morgan fingerprint density at radius 1 is 1.31 bits per heavy atom. The molecule has 0 radical (unpaired) electrons. The Bertz CT molecular complexity index is 897. The van der Waals surface area contributed by atoms with E-state index in [-0.39, 0.29) is 30.1 Å². The summed E-state index contributed by atoms with van der Waals surface area (Å²) in [5.74, 6) is 0.155. The Labute approximate surface area is 169 Å². The number of likely N-dealkylation sites (tertiary alicyclic amines) is 1. The van der Waals surface area contributed by atoms with Crippen molar-refractivity contribution in [1.82, 2.24) is 20.0 Å². The first-order valence-corrected chi connectivity index (χ1v) is 10.0. The topological polar surface area (TPSA) is 79.3 Å². The number of benzene rings is 1. The zero-order chi connectivity index (χ0) is 20.4. The van der Waals surface area contributed by atoms with Gasteiger partial charge in [-0.05, 0) is 30.5 Å². The number of aromatic nitrogens is 2. The molecule has 1 aromatic carbocycles. The summed E-state index contributed by atoms with van der Waals surface area (Å²) in [6.07, 6.45) is 4.96. The van der Waals surface area contributed by atoms with E-state index in [1.165, 1.54) is 12.1 Å². The highest BCUT2D eigenvalue weighted by Gasteiger charge is 2.48. The Balaban J connectivity index is 1.53. The molecule has 2 saturated heterocycles. The van der Waals surface area contributed by atoms with Gasteiger partial charge in [-0.2, -0.15) is 5.10 Å². The van der Waals surface area contributed by atoms with E-state index >= 15 is 0 Å². The maximum Gasteiger partial charge on any atom is 0.239 e. The van der Waals surface area contributed by atoms with Gasteiger partial charge in [-0.1, -0.05) is 18.6 Å². The van der Waals surface area contributed by atoms with Gasteiger partial charge in [0.1, 0.15) is 5.82 Å². The number of aryl methyl sites for hydroxylation is 1. The summed E-state index contributed by atoms with van der Waals surface area (Å²) in [4.78, 5) is 27.0. The molecule has 3 heterocycles. The second-order valence-electron chi connectivity index (χ2n) is 8.11. The summed E-state index contributed by atoms with van der Waals surface area (Å²) in [7, 11) is 1.79. The summed E-state index contributed by atoms with van der Waals surface area (Å²) in [5.41, 5.74) is 0.553. The zero-order valence-corrected chi connectivity index (χ0v) is 16.5. The first-order chi connectivity index (χ1) is 13.9. The van der Waals surface area contributed by atoms with Crippen molar-refractivity contribution < 1.29 is 14.0 Å². The third kappa shape index (κ3) is 4.32. The summed E-state index contributed by atoms with van der Waals surface area (Å²) in [5, 5.41) is 10.2. The number of hydrogen-bond donors (Lipinski definition) is 2. The lowest BCUT2D eigenvalue weighted by atomic mass is 9.79. The molecule has 8 heteroatoms. The van der Waals surface area contributed by atoms with Crippen molar-refractivity contribution in [1.29, 1.82) is 0 Å². The van der Waals surface area contributed by atoms with E-state index in [1.807, 2.05) is 0 Å². The number of anilines is 1. The lowest BCUT2D eigenvalue weighted by Crippen LogP contribution is -2.52. The van der Waals surface area contributed by atoms with E-state index in [2.05, 4.69) is 20.6 Å². The summed E-state index contributed by atoms with van der Waals surface area (Å²) < 4.78 is 15.1. The molecule has 1 aromatic heterocycles. The highest BCUT2D eigenvalue weighted by Crippen LogP contribution is 2.40. The molecular weight excluding hydrogens is 373 g/mol. The second-order valence-corrected chi connectivity index (χ2v) is 8.11. The number of carbonyl (C=O) groups is 2. The molecule has 2 aliphatic heterocycles. The van der Waals surface area contributed by atoms with Crippen LogP contribution in [0.1, 0.15) is 37.2 Å². The van der Waals surface area contributed by atoms with E-state index in [4.69, 9.17) is 0 Å². The second kappa shape index (κ2) is 7.94. The van der Waals surface area contributed by atoms with Crippen molar-refractivity contribution in [3.8, 4) is 0 Å². The molecule has 2 aliphatic rings. The predicted octanol–water partition coefficient (Wildman–Crippen LogP) is 2.03. The molecule has 2 aromatic rings. The molecule has 29 heavy (non-hydrogen) atoms. The molecule has 4 rings (SSSR count). The van der Waals surface area contributed by atoms with E-state index in [9.17, 15) is 14.0 Å². The van der Waals surface area contributed by atoms with Gasteiger partial charge in [-0.15, -0.1) is 0 Å². The van der Waals surface area contributed by atoms with E-state index in [0.29, 0.717) is 25.3 Å². The van der Waals surface area contributed by atoms with E-state index in [0.717, 1.165) is 24.8 Å². The van der Waals surface area contributed by atoms with Gasteiger partial charge >= 0.3 is 0 Å². The largest absolute Gasteiger partial charge is 0.349 e. The van der Waals surface area contributed by atoms with Gasteiger partial charge in [-0.25, -0.2) is 4.39 Å². The third-order valence-corrected chi connectivity index (χ3v) is 5.90. The molecule has 7 nitrogen and oxygen atoms in total. The molecule has 2 amide bonds. The summed E-state index contributed by atoms with van der Waals surface area (Å²) in [6.45, 7) is 1.43. The van der Waals surface area contributed by atoms with Crippen molar-refractivity contribution in [3.05, 3.63) is 47.9 Å². The van der Waals surface area contributed by atoms with Crippen LogP contribution in [-0.4, -0.2) is 51.7 Å². The standard InChI is InChI=1S/C21H26FN5O2/c1-26-11-9-18(25-26)23-20(29)13-27-12-17(15-5-7-16(22)8-6-15)21(14-27)10-3-2-4-19(28)24-21/h5-9,11,17H,2-4,10,12-14H2,1H3,(H,24,28)(H,23,25,29)/t17-,21+/m0/s1. The van der Waals surface area contributed by atoms with Crippen LogP contribution in [0.2, 0.25) is 0 Å². The average Bonchev–Trinajstić information content (AvgIpc) is 3.16. The number of nitrogens with one attached hydrogen (secondary N) is 2. The van der Waals surface area contributed by atoms with Gasteiger partial charge in [0.05, 0.1) is 12.1 Å². The molecule has 0 saturated carbocycles. The van der Waals surface area contributed by atoms with Gasteiger partial charge in [0, 0.05) is 44.7 Å². The SMILES string of the molecule is Cn1ccc(NC(=O)CN2C[C@@H](c3ccc(F)cc3)[C@@]3(CCCCC(=O)N3)C2)n1. The highest BCUT2D eigenvalue weighted by atomic mass is 19.1. The molecule has 0 bridgehead atoms. The van der Waals surface area contributed by atoms with E-state index < -0.39 is 5.54 Å². The maximum atomic E-state index is 13.5. The third-order valence-electron chi connectivity index (χ3n) is 5.90. The number of halogens is 1. The molecule has 0 unspecified atom stereocenters. The van der Waals surface area contributed by atoms with Crippen molar-refractivity contribution in [2.24, 2.45) is 7.05 Å². The van der Waals surface area contributed by atoms with Crippen LogP contribution in [0.5, 0.6) is 0 Å². The van der Waals surface area contributed by atoms with Gasteiger partial charge in [-0.3, -0.25) is 19.2 Å². The lowest BCUT2D eigenvalue weighted by Gasteiger charge is -2.35. The van der Waals surface area contributed by atoms with Crippen molar-refractivity contribution in [3.63, 3.8) is 0 Å². The first-order valence-electron chi connectivity index (χ1n) is 10.0. The van der Waals surface area contributed by atoms with Gasteiger partial charge in [0.25, 0.3) is 0 Å². The van der Waals surface area contributed by atoms with Crippen LogP contribution in [0.25, 0.3) is 0 Å². The van der Waals surface area contributed by atoms with Gasteiger partial charge < -0.3 is 10.6 Å². The maximum absolute atomic E-state index is 13.5. The van der Waals surface area contributed by atoms with Crippen LogP contribution in [0.4, 0.5) is 10.2 Å². The monoisotopic (exact) mass is 399 g/mol. The molecule has 2 fully saturated rings. The molecule has 1 spiro atoms. The fourth-order valence-corrected chi connectivity index (χ4v) is 4.62. The van der Waals surface area contributed by atoms with Gasteiger partial charge in [0.15, 0.2) is 5.82 Å². The number of amides is 2. The molecule has 0 aliphatic carbocycles. The van der Waals surface area contributed by atoms with Crippen LogP contribution in [0.3, 0.4) is 0 Å². The molecule has 2 N–H and O–H groups in total. The number of nitrogens with zero attached hydrogens (tertiary/aromatic N) is 3. The van der Waals surface area contributed by atoms with Crippen LogP contribution in [0.15, 0.2) is 36.5 Å². The highest BCUT2D eigenvalue weighted by molar-refractivity contribution is 5.91. The smallest absolute Gasteiger partial charge is 0.239 e. The Hall–Kier alpha value is -2.74. The van der Waals surface area contributed by atoms with Crippen molar-refractivity contribution in [2.75, 3.05) is 25.0 Å². The summed E-state index contributed by atoms with van der Waals surface area (Å²) >= 11 is 0. The number of rotatable bonds is 4. The van der Waals surface area contributed by atoms with Crippen LogP contribution in [-0.2, 0) is 16.6 Å². The quantitative estimate of drug-likeness (QED) is 0.825. The predicted molar refractivity (Wildman–Crippen MR) is 107 cm³/mol. The minimum atomic E-state index is -0.434. The van der Waals surface area contributed by atoms with Crippen LogP contribution >= 0.6 is 0 Å². The first kappa shape index (κ1) is 19.6. The zero-order valence-electron chi connectivity index (χ0n) is 16.5. The van der Waals surface area contributed by atoms with Crippen LogP contribution < -0.4 is 10.6 Å². The molecular formula is C21H26FN5O2. The van der Waals surface area contributed by atoms with Crippen LogP contribution in [0, 0.1) is 5.82 Å². The minimum absolute atomic E-state index is 0.00722. The number of hydrogen-bond acceptors (Lipinski definition) is 4. The fourth-order valence-electron chi connectivity index (χ4n) is 4.62. The molecule has 2 atom stereocenters. The lowest BCUT2D eigenvalue weighted by molar-refractivity contribution is -0.122. The average molecular weight is 399 g/mol. The molecule has 154 valence electrons. The Morgan fingerprint density at radius 2 is 2.10 bits per heavy atom. The normalized spacial score (nSPS) is 25.0. The van der Waals surface area contributed by atoms with Gasteiger partial charge in [0.2, 0.25) is 11.8 Å². The Kier molecular flexibility index (Phi) is 5.36. The Morgan fingerprint density at radius 3 is 2.83 bits per heavy atom. The minimum Gasteiger partial charge on any atom is -0.349 e. The van der Waals surface area contributed by atoms with Crippen molar-refractivity contribution >= 4 is 17.6 Å². The number of carbonyl (C=O) groups excluding carboxylic acids is 2. The van der Waals surface area contributed by atoms with Crippen molar-refractivity contribution in [2.45, 2.75) is 37.1 Å².